The van der Waals surface area contributed by atoms with E-state index in [1.54, 1.807) is 0 Å². The Morgan fingerprint density at radius 2 is 1.61 bits per heavy atom. The molecule has 0 aliphatic carbocycles. The Bertz CT molecular complexity index is 522. The Balaban J connectivity index is 2.32. The highest BCUT2D eigenvalue weighted by Crippen LogP contribution is 2.31. The van der Waals surface area contributed by atoms with Crippen LogP contribution in [0.25, 0.3) is 0 Å². The van der Waals surface area contributed by atoms with Crippen LogP contribution >= 0.6 is 0 Å². The van der Waals surface area contributed by atoms with Crippen molar-refractivity contribution in [3.05, 3.63) is 59.7 Å². The van der Waals surface area contributed by atoms with Gasteiger partial charge in [-0.25, -0.2) is 0 Å². The lowest BCUT2D eigenvalue weighted by Crippen LogP contribution is -2.09. The average molecular weight is 241 g/mol. The highest BCUT2D eigenvalue weighted by atomic mass is 16.5. The van der Waals surface area contributed by atoms with Gasteiger partial charge in [0, 0.05) is 11.6 Å². The van der Waals surface area contributed by atoms with Crippen molar-refractivity contribution in [2.75, 3.05) is 0 Å². The minimum Gasteiger partial charge on any atom is -0.457 e. The monoisotopic (exact) mass is 241 g/mol. The minimum absolute atomic E-state index is 0.0187. The molecule has 0 aromatic heterocycles. The number of nitrogens with two attached hydrogens (primary N) is 1. The smallest absolute Gasteiger partial charge is 0.132 e. The summed E-state index contributed by atoms with van der Waals surface area (Å²) in [5.41, 5.74) is 8.29. The third-order valence-electron chi connectivity index (χ3n) is 3.07. The van der Waals surface area contributed by atoms with Crippen molar-refractivity contribution in [2.45, 2.75) is 26.3 Å². The van der Waals surface area contributed by atoms with Crippen LogP contribution < -0.4 is 10.5 Å². The second kappa shape index (κ2) is 5.69. The lowest BCUT2D eigenvalue weighted by molar-refractivity contribution is 0.465. The maximum absolute atomic E-state index is 6.11. The molecule has 2 aromatic carbocycles. The zero-order valence-electron chi connectivity index (χ0n) is 10.9. The highest BCUT2D eigenvalue weighted by molar-refractivity contribution is 5.42. The van der Waals surface area contributed by atoms with Gasteiger partial charge in [0.1, 0.15) is 11.5 Å². The first-order chi connectivity index (χ1) is 8.72. The molecule has 0 aliphatic rings. The summed E-state index contributed by atoms with van der Waals surface area (Å²) in [6.07, 6.45) is 0.897. The van der Waals surface area contributed by atoms with E-state index in [1.165, 1.54) is 0 Å². The van der Waals surface area contributed by atoms with Gasteiger partial charge in [0.15, 0.2) is 0 Å². The third kappa shape index (κ3) is 2.71. The summed E-state index contributed by atoms with van der Waals surface area (Å²) in [5.74, 6) is 1.73. The summed E-state index contributed by atoms with van der Waals surface area (Å²) in [5, 5.41) is 0. The fourth-order valence-corrected chi connectivity index (χ4v) is 1.89. The molecule has 2 heteroatoms. The maximum Gasteiger partial charge on any atom is 0.132 e. The molecule has 0 amide bonds. The Morgan fingerprint density at radius 3 is 2.28 bits per heavy atom. The molecule has 0 radical (unpaired) electrons. The Kier molecular flexibility index (Phi) is 4.00. The van der Waals surface area contributed by atoms with Crippen LogP contribution in [0.4, 0.5) is 0 Å². The lowest BCUT2D eigenvalue weighted by Gasteiger charge is -2.16. The number of hydrogen-bond acceptors (Lipinski definition) is 2. The van der Waals surface area contributed by atoms with Crippen LogP contribution in [-0.2, 0) is 0 Å². The number of hydrogen-bond donors (Lipinski definition) is 1. The molecule has 0 unspecified atom stereocenters. The largest absolute Gasteiger partial charge is 0.457 e. The van der Waals surface area contributed by atoms with E-state index < -0.39 is 0 Å². The summed E-state index contributed by atoms with van der Waals surface area (Å²) in [4.78, 5) is 0. The maximum atomic E-state index is 6.11. The first-order valence-corrected chi connectivity index (χ1v) is 6.30. The van der Waals surface area contributed by atoms with E-state index in [-0.39, 0.29) is 6.04 Å². The van der Waals surface area contributed by atoms with Gasteiger partial charge >= 0.3 is 0 Å². The molecule has 2 N–H and O–H groups in total. The molecule has 0 aliphatic heterocycles. The number of para-hydroxylation sites is 2. The molecule has 0 saturated heterocycles. The zero-order chi connectivity index (χ0) is 13.0. The molecule has 0 saturated carbocycles. The molecule has 2 rings (SSSR count). The van der Waals surface area contributed by atoms with Crippen LogP contribution in [0, 0.1) is 6.92 Å². The Hall–Kier alpha value is -1.80. The van der Waals surface area contributed by atoms with Gasteiger partial charge in [-0.15, -0.1) is 0 Å². The normalized spacial score (nSPS) is 12.2. The van der Waals surface area contributed by atoms with Crippen LogP contribution in [0.1, 0.15) is 30.5 Å². The number of benzene rings is 2. The van der Waals surface area contributed by atoms with Crippen LogP contribution in [0.15, 0.2) is 48.5 Å². The predicted molar refractivity (Wildman–Crippen MR) is 74.9 cm³/mol. The van der Waals surface area contributed by atoms with E-state index in [9.17, 15) is 0 Å². The Morgan fingerprint density at radius 1 is 1.00 bits per heavy atom. The van der Waals surface area contributed by atoms with E-state index in [2.05, 4.69) is 6.92 Å². The van der Waals surface area contributed by atoms with Gasteiger partial charge in [-0.2, -0.15) is 0 Å². The van der Waals surface area contributed by atoms with E-state index in [1.807, 2.05) is 55.5 Å². The summed E-state index contributed by atoms with van der Waals surface area (Å²) >= 11 is 0. The molecule has 2 nitrogen and oxygen atoms in total. The summed E-state index contributed by atoms with van der Waals surface area (Å²) in [6.45, 7) is 4.12. The van der Waals surface area contributed by atoms with Crippen molar-refractivity contribution in [3.63, 3.8) is 0 Å². The quantitative estimate of drug-likeness (QED) is 0.870. The molecule has 18 heavy (non-hydrogen) atoms. The number of ether oxygens (including phenoxy) is 1. The number of rotatable bonds is 4. The molecule has 1 atom stereocenters. The van der Waals surface area contributed by atoms with E-state index >= 15 is 0 Å². The van der Waals surface area contributed by atoms with Crippen molar-refractivity contribution in [1.29, 1.82) is 0 Å². The lowest BCUT2D eigenvalue weighted by atomic mass is 10.0. The highest BCUT2D eigenvalue weighted by Gasteiger charge is 2.11. The van der Waals surface area contributed by atoms with Gasteiger partial charge in [-0.1, -0.05) is 43.3 Å². The van der Waals surface area contributed by atoms with E-state index in [4.69, 9.17) is 10.5 Å². The standard InChI is InChI=1S/C16H19NO/c1-3-14(17)13-9-5-7-11-16(13)18-15-10-6-4-8-12(15)2/h4-11,14H,3,17H2,1-2H3/t14-/m1/s1. The van der Waals surface area contributed by atoms with Gasteiger partial charge in [-0.05, 0) is 31.0 Å². The second-order valence-corrected chi connectivity index (χ2v) is 4.42. The van der Waals surface area contributed by atoms with Gasteiger partial charge in [0.25, 0.3) is 0 Å². The molecule has 0 heterocycles. The first kappa shape index (κ1) is 12.7. The first-order valence-electron chi connectivity index (χ1n) is 6.30. The van der Waals surface area contributed by atoms with Crippen molar-refractivity contribution in [3.8, 4) is 11.5 Å². The fraction of sp³-hybridized carbons (Fsp3) is 0.250. The van der Waals surface area contributed by atoms with Gasteiger partial charge in [0.05, 0.1) is 0 Å². The third-order valence-corrected chi connectivity index (χ3v) is 3.07. The molecule has 94 valence electrons. The Labute approximate surface area is 108 Å². The minimum atomic E-state index is 0.0187. The molecular weight excluding hydrogens is 222 g/mol. The van der Waals surface area contributed by atoms with Gasteiger partial charge < -0.3 is 10.5 Å². The summed E-state index contributed by atoms with van der Waals surface area (Å²) in [7, 11) is 0. The topological polar surface area (TPSA) is 35.2 Å². The second-order valence-electron chi connectivity index (χ2n) is 4.42. The molecule has 0 spiro atoms. The zero-order valence-corrected chi connectivity index (χ0v) is 10.9. The SMILES string of the molecule is CC[C@@H](N)c1ccccc1Oc1ccccc1C. The average Bonchev–Trinajstić information content (AvgIpc) is 2.41. The van der Waals surface area contributed by atoms with Crippen LogP contribution in [-0.4, -0.2) is 0 Å². The van der Waals surface area contributed by atoms with Gasteiger partial charge in [-0.3, -0.25) is 0 Å². The van der Waals surface area contributed by atoms with Crippen molar-refractivity contribution in [1.82, 2.24) is 0 Å². The molecule has 0 bridgehead atoms. The van der Waals surface area contributed by atoms with E-state index in [0.717, 1.165) is 29.0 Å². The summed E-state index contributed by atoms with van der Waals surface area (Å²) in [6, 6.07) is 16.0. The predicted octanol–water partition coefficient (Wildman–Crippen LogP) is 4.20. The van der Waals surface area contributed by atoms with Crippen molar-refractivity contribution >= 4 is 0 Å². The number of aryl methyl sites for hydroxylation is 1. The van der Waals surface area contributed by atoms with Gasteiger partial charge in [0.2, 0.25) is 0 Å². The molecule has 2 aromatic rings. The van der Waals surface area contributed by atoms with Crippen molar-refractivity contribution in [2.24, 2.45) is 5.73 Å². The van der Waals surface area contributed by atoms with Crippen LogP contribution in [0.5, 0.6) is 11.5 Å². The van der Waals surface area contributed by atoms with Crippen molar-refractivity contribution < 1.29 is 4.74 Å². The molecule has 0 fully saturated rings. The molecular formula is C16H19NO. The van der Waals surface area contributed by atoms with Crippen LogP contribution in [0.2, 0.25) is 0 Å². The summed E-state index contributed by atoms with van der Waals surface area (Å²) < 4.78 is 5.98. The van der Waals surface area contributed by atoms with Crippen LogP contribution in [0.3, 0.4) is 0 Å². The van der Waals surface area contributed by atoms with E-state index in [0.29, 0.717) is 0 Å². The fourth-order valence-electron chi connectivity index (χ4n) is 1.89.